The van der Waals surface area contributed by atoms with Crippen molar-refractivity contribution in [3.05, 3.63) is 64.9 Å². The van der Waals surface area contributed by atoms with E-state index < -0.39 is 0 Å². The predicted octanol–water partition coefficient (Wildman–Crippen LogP) is 5.86. The Hall–Kier alpha value is -3.79. The van der Waals surface area contributed by atoms with Gasteiger partial charge in [-0.1, -0.05) is 31.5 Å². The van der Waals surface area contributed by atoms with E-state index in [9.17, 15) is 9.18 Å². The summed E-state index contributed by atoms with van der Waals surface area (Å²) < 4.78 is 16.2. The first-order chi connectivity index (χ1) is 19.4. The summed E-state index contributed by atoms with van der Waals surface area (Å²) in [4.78, 5) is 21.7. The summed E-state index contributed by atoms with van der Waals surface area (Å²) in [6.45, 7) is 9.75. The lowest BCUT2D eigenvalue weighted by Gasteiger charge is -2.36. The molecular formula is C30H41FN8O. The molecule has 1 atom stereocenters. The Morgan fingerprint density at radius 1 is 1.20 bits per heavy atom. The summed E-state index contributed by atoms with van der Waals surface area (Å²) in [5, 5.41) is 14.8. The van der Waals surface area contributed by atoms with E-state index in [0.29, 0.717) is 35.7 Å². The van der Waals surface area contributed by atoms with Crippen LogP contribution in [0.15, 0.2) is 53.0 Å². The maximum absolute atomic E-state index is 14.4. The highest BCUT2D eigenvalue weighted by Gasteiger charge is 2.30. The van der Waals surface area contributed by atoms with Crippen LogP contribution in [0.4, 0.5) is 16.0 Å². The number of carbonyl (C=O) groups excluding carboxylic acids is 1. The van der Waals surface area contributed by atoms with Crippen LogP contribution in [0.5, 0.6) is 0 Å². The summed E-state index contributed by atoms with van der Waals surface area (Å²) in [5.41, 5.74) is 4.03. The highest BCUT2D eigenvalue weighted by Crippen LogP contribution is 2.34. The van der Waals surface area contributed by atoms with Gasteiger partial charge < -0.3 is 5.32 Å². The fourth-order valence-corrected chi connectivity index (χ4v) is 5.27. The first-order valence-electron chi connectivity index (χ1n) is 14.2. The van der Waals surface area contributed by atoms with Crippen molar-refractivity contribution in [1.82, 2.24) is 24.9 Å². The third kappa shape index (κ3) is 6.01. The van der Waals surface area contributed by atoms with Crippen molar-refractivity contribution in [1.29, 1.82) is 0 Å². The van der Waals surface area contributed by atoms with Crippen LogP contribution in [0.2, 0.25) is 0 Å². The Morgan fingerprint density at radius 3 is 2.55 bits per heavy atom. The van der Waals surface area contributed by atoms with Crippen LogP contribution in [0.25, 0.3) is 5.69 Å². The molecule has 4 heterocycles. The lowest BCUT2D eigenvalue weighted by atomic mass is 9.92. The van der Waals surface area contributed by atoms with Crippen molar-refractivity contribution in [3.8, 4) is 5.69 Å². The Labute approximate surface area is 236 Å². The second-order valence-electron chi connectivity index (χ2n) is 10.1. The third-order valence-corrected chi connectivity index (χ3v) is 7.65. The molecule has 1 fully saturated rings. The van der Waals surface area contributed by atoms with Gasteiger partial charge in [-0.2, -0.15) is 10.2 Å². The quantitative estimate of drug-likeness (QED) is 0.386. The SMILES string of the molecule is CC.CNc1[nH]ncc1C(=O)N(C)c1cc(C2CCN(C(C)C3=C(F)CCC=N3)CC2)nn1-c1ccc(C)cc1. The lowest BCUT2D eigenvalue weighted by Crippen LogP contribution is -2.40. The molecule has 2 aliphatic heterocycles. The van der Waals surface area contributed by atoms with Crippen molar-refractivity contribution in [2.75, 3.05) is 37.4 Å². The van der Waals surface area contributed by atoms with E-state index in [4.69, 9.17) is 5.10 Å². The summed E-state index contributed by atoms with van der Waals surface area (Å²) in [6.07, 6.45) is 6.27. The normalized spacial score (nSPS) is 16.9. The smallest absolute Gasteiger partial charge is 0.264 e. The number of piperidine rings is 1. The molecule has 0 spiro atoms. The van der Waals surface area contributed by atoms with Crippen molar-refractivity contribution in [3.63, 3.8) is 0 Å². The molecular weight excluding hydrogens is 507 g/mol. The topological polar surface area (TPSA) is 94.4 Å². The molecule has 0 saturated carbocycles. The molecule has 2 aliphatic rings. The zero-order valence-corrected chi connectivity index (χ0v) is 24.4. The first-order valence-corrected chi connectivity index (χ1v) is 14.2. The number of aryl methyl sites for hydroxylation is 1. The average molecular weight is 549 g/mol. The van der Waals surface area contributed by atoms with Crippen LogP contribution < -0.4 is 10.2 Å². The molecule has 214 valence electrons. The molecule has 40 heavy (non-hydrogen) atoms. The Bertz CT molecular complexity index is 1350. The number of hydrogen-bond donors (Lipinski definition) is 2. The van der Waals surface area contributed by atoms with Crippen molar-refractivity contribution in [2.24, 2.45) is 4.99 Å². The average Bonchev–Trinajstić information content (AvgIpc) is 3.66. The third-order valence-electron chi connectivity index (χ3n) is 7.65. The Balaban J connectivity index is 0.00000181. The van der Waals surface area contributed by atoms with Gasteiger partial charge in [0.1, 0.15) is 23.0 Å². The van der Waals surface area contributed by atoms with Gasteiger partial charge in [0.15, 0.2) is 0 Å². The van der Waals surface area contributed by atoms with Gasteiger partial charge >= 0.3 is 0 Å². The minimum atomic E-state index is -0.185. The molecule has 1 amide bonds. The van der Waals surface area contributed by atoms with Gasteiger partial charge in [-0.3, -0.25) is 24.7 Å². The van der Waals surface area contributed by atoms with E-state index in [0.717, 1.165) is 42.9 Å². The van der Waals surface area contributed by atoms with E-state index in [-0.39, 0.29) is 23.7 Å². The number of rotatable bonds is 7. The number of hydrogen-bond acceptors (Lipinski definition) is 6. The molecule has 1 saturated heterocycles. The van der Waals surface area contributed by atoms with E-state index in [1.54, 1.807) is 19.0 Å². The second kappa shape index (κ2) is 13.0. The molecule has 3 aromatic rings. The van der Waals surface area contributed by atoms with Crippen LogP contribution >= 0.6 is 0 Å². The number of H-pyrrole nitrogens is 1. The summed E-state index contributed by atoms with van der Waals surface area (Å²) >= 11 is 0. The summed E-state index contributed by atoms with van der Waals surface area (Å²) in [7, 11) is 3.51. The first kappa shape index (κ1) is 29.2. The summed E-state index contributed by atoms with van der Waals surface area (Å²) in [6, 6.07) is 10.1. The molecule has 0 bridgehead atoms. The Morgan fingerprint density at radius 2 is 1.90 bits per heavy atom. The number of benzene rings is 1. The highest BCUT2D eigenvalue weighted by atomic mass is 19.1. The van der Waals surface area contributed by atoms with Gasteiger partial charge in [0.05, 0.1) is 29.3 Å². The lowest BCUT2D eigenvalue weighted by molar-refractivity contribution is 0.0992. The minimum absolute atomic E-state index is 0.0479. The largest absolute Gasteiger partial charge is 0.373 e. The zero-order chi connectivity index (χ0) is 28.8. The van der Waals surface area contributed by atoms with Crippen LogP contribution in [-0.4, -0.2) is 70.2 Å². The molecule has 2 aromatic heterocycles. The van der Waals surface area contributed by atoms with Gasteiger partial charge in [0.25, 0.3) is 5.91 Å². The van der Waals surface area contributed by atoms with Crippen molar-refractivity contribution < 1.29 is 9.18 Å². The van der Waals surface area contributed by atoms with E-state index in [2.05, 4.69) is 25.4 Å². The van der Waals surface area contributed by atoms with Crippen LogP contribution in [0.3, 0.4) is 0 Å². The molecule has 9 nitrogen and oxygen atoms in total. The molecule has 0 radical (unpaired) electrons. The van der Waals surface area contributed by atoms with Gasteiger partial charge in [0.2, 0.25) is 0 Å². The zero-order valence-electron chi connectivity index (χ0n) is 24.4. The van der Waals surface area contributed by atoms with E-state index >= 15 is 0 Å². The highest BCUT2D eigenvalue weighted by molar-refractivity contribution is 6.08. The van der Waals surface area contributed by atoms with Crippen molar-refractivity contribution >= 4 is 23.8 Å². The summed E-state index contributed by atoms with van der Waals surface area (Å²) in [5.74, 6) is 1.23. The Kier molecular flexibility index (Phi) is 9.52. The number of aliphatic imine (C=N–C) groups is 1. The number of nitrogens with zero attached hydrogens (tertiary/aromatic N) is 6. The van der Waals surface area contributed by atoms with Crippen LogP contribution in [0.1, 0.15) is 74.0 Å². The number of aromatic amines is 1. The maximum atomic E-state index is 14.4. The van der Waals surface area contributed by atoms with Gasteiger partial charge in [-0.05, 0) is 58.3 Å². The maximum Gasteiger partial charge on any atom is 0.264 e. The number of allylic oxidation sites excluding steroid dienone is 1. The molecule has 1 unspecified atom stereocenters. The number of carbonyl (C=O) groups is 1. The number of halogens is 1. The molecule has 1 aromatic carbocycles. The molecule has 5 rings (SSSR count). The van der Waals surface area contributed by atoms with Gasteiger partial charge in [0, 0.05) is 38.7 Å². The van der Waals surface area contributed by atoms with Crippen LogP contribution in [-0.2, 0) is 0 Å². The number of amides is 1. The molecule has 2 N–H and O–H groups in total. The monoisotopic (exact) mass is 548 g/mol. The van der Waals surface area contributed by atoms with Crippen molar-refractivity contribution in [2.45, 2.75) is 65.3 Å². The standard InChI is InChI=1S/C28H35FN8O.C2H6/c1-18-7-9-21(10-8-18)37-25(35(4)28(38)22-17-32-33-27(22)30-3)16-24(34-37)20-11-14-36(15-12-20)19(2)26-23(29)6-5-13-31-26;1-2/h7-10,13,16-17,19-20H,5-6,11-12,14-15H2,1-4H3,(H2,30,32,33);1-2H3. The van der Waals surface area contributed by atoms with Gasteiger partial charge in [-0.25, -0.2) is 9.07 Å². The molecule has 0 aliphatic carbocycles. The molecule has 10 heteroatoms. The number of nitrogens with one attached hydrogen (secondary N) is 2. The van der Waals surface area contributed by atoms with Crippen LogP contribution in [0, 0.1) is 6.92 Å². The van der Waals surface area contributed by atoms with Gasteiger partial charge in [-0.15, -0.1) is 0 Å². The van der Waals surface area contributed by atoms with E-state index in [1.807, 2.05) is 68.9 Å². The second-order valence-corrected chi connectivity index (χ2v) is 10.1. The number of aromatic nitrogens is 4. The predicted molar refractivity (Wildman–Crippen MR) is 159 cm³/mol. The minimum Gasteiger partial charge on any atom is -0.373 e. The number of anilines is 2. The fraction of sp³-hybridized carbons (Fsp3) is 0.467. The fourth-order valence-electron chi connectivity index (χ4n) is 5.27. The van der Waals surface area contributed by atoms with E-state index in [1.165, 1.54) is 6.20 Å². The number of likely N-dealkylation sites (tertiary alicyclic amines) is 1.